The van der Waals surface area contributed by atoms with Crippen molar-refractivity contribution in [2.45, 2.75) is 329 Å². The number of nitrogens with zero attached hydrogens (tertiary/aromatic N) is 4. The van der Waals surface area contributed by atoms with Gasteiger partial charge in [0, 0.05) is 83.6 Å². The van der Waals surface area contributed by atoms with Crippen molar-refractivity contribution < 1.29 is 42.6 Å². The summed E-state index contributed by atoms with van der Waals surface area (Å²) in [6.07, 6.45) is 45.2. The Kier molecular flexibility index (Phi) is 28.9. The maximum absolute atomic E-state index is 16.0. The third-order valence-corrected chi connectivity index (χ3v) is 29.4. The third-order valence-electron chi connectivity index (χ3n) is 29.4. The molecule has 8 amide bonds. The van der Waals surface area contributed by atoms with Crippen LogP contribution in [0, 0.1) is 0 Å². The molecule has 4 heterocycles. The monoisotopic (exact) mass is 1730 g/mol. The number of carbonyl (C=O) groups excluding carboxylic acids is 8. The molecule has 0 fully saturated rings. The van der Waals surface area contributed by atoms with E-state index in [1.165, 1.54) is 99.7 Å². The number of amides is 8. The first-order valence-corrected chi connectivity index (χ1v) is 51.6. The van der Waals surface area contributed by atoms with Gasteiger partial charge in [-0.25, -0.2) is 14.0 Å². The molecule has 0 bridgehead atoms. The lowest BCUT2D eigenvalue weighted by atomic mass is 9.70. The number of halogens is 1. The highest BCUT2D eigenvalue weighted by Crippen LogP contribution is 2.58. The van der Waals surface area contributed by atoms with E-state index >= 15 is 38.4 Å². The normalized spacial score (nSPS) is 14.8. The maximum atomic E-state index is 16.0. The number of hydrogen-bond acceptors (Lipinski definition) is 8. The van der Waals surface area contributed by atoms with Gasteiger partial charge >= 0.3 is 0 Å². The summed E-state index contributed by atoms with van der Waals surface area (Å²) in [5.74, 6) is -2.58. The molecule has 17 rings (SSSR count). The molecule has 12 nitrogen and oxygen atoms in total. The highest BCUT2D eigenvalue weighted by atomic mass is 32.0. The molecule has 0 aromatic heterocycles. The number of rotatable bonds is 46. The quantitative estimate of drug-likeness (QED) is 0.0120. The molecule has 5 aliphatic rings. The van der Waals surface area contributed by atoms with Crippen LogP contribution in [-0.2, 0) is 5.41 Å². The highest BCUT2D eigenvalue weighted by molar-refractivity contribution is 8.00. The van der Waals surface area contributed by atoms with Crippen LogP contribution in [-0.4, -0.2) is 69.1 Å². The SMILES string of the molecule is CCCCCCCCCCCCC1(CCCCCCCCCCCC)c2cc(N3C(=O)c4ccc5c6ccc7c8c(ccc(c9ccc(c4c59)C3=O)c86)C(=O)N(C(CCCCCC)CCCCCC)C7=O)ccc2-c2ccc(N3C(=O)c4ccc5c6ccc7c8c(ccc(c9ccc(c4c59)C3=O)c86)C(=O)N(C(CCCCCC)CCCCCC)C7=O)cc21.FPP. The molecule has 0 saturated heterocycles. The van der Waals surface area contributed by atoms with Gasteiger partial charge in [0.2, 0.25) is 0 Å². The number of anilines is 2. The largest absolute Gasteiger partial charge is 0.271 e. The van der Waals surface area contributed by atoms with Crippen molar-refractivity contribution in [3.8, 4) is 11.1 Å². The Morgan fingerprint density at radius 3 is 0.667 bits per heavy atom. The molecule has 2 atom stereocenters. The molecule has 658 valence electrons. The lowest BCUT2D eigenvalue weighted by molar-refractivity contribution is 0.0501. The van der Waals surface area contributed by atoms with Crippen LogP contribution in [0.2, 0.25) is 0 Å². The molecule has 15 heteroatoms. The van der Waals surface area contributed by atoms with Crippen molar-refractivity contribution in [2.75, 3.05) is 9.80 Å². The van der Waals surface area contributed by atoms with Crippen LogP contribution >= 0.6 is 17.5 Å². The molecule has 0 saturated carbocycles. The van der Waals surface area contributed by atoms with Gasteiger partial charge in [-0.1, -0.05) is 342 Å². The average molecular weight is 1730 g/mol. The fourth-order valence-corrected chi connectivity index (χ4v) is 23.0. The van der Waals surface area contributed by atoms with Crippen molar-refractivity contribution in [2.24, 2.45) is 0 Å². The smallest absolute Gasteiger partial charge is 0.265 e. The molecule has 4 aliphatic heterocycles. The summed E-state index contributed by atoms with van der Waals surface area (Å²) in [4.78, 5) is 130. The summed E-state index contributed by atoms with van der Waals surface area (Å²) in [5, 5.41) is 12.7. The summed E-state index contributed by atoms with van der Waals surface area (Å²) >= 11 is 0. The molecule has 2 unspecified atom stereocenters. The van der Waals surface area contributed by atoms with Crippen molar-refractivity contribution in [1.82, 2.24) is 9.80 Å². The topological polar surface area (TPSA) is 150 Å². The van der Waals surface area contributed by atoms with Crippen LogP contribution in [0.5, 0.6) is 0 Å². The van der Waals surface area contributed by atoms with E-state index in [4.69, 9.17) is 0 Å². The predicted octanol–water partition coefficient (Wildman–Crippen LogP) is 31.4. The van der Waals surface area contributed by atoms with Crippen LogP contribution < -0.4 is 9.80 Å². The predicted molar refractivity (Wildman–Crippen MR) is 526 cm³/mol. The van der Waals surface area contributed by atoms with Gasteiger partial charge < -0.3 is 0 Å². The zero-order valence-electron chi connectivity index (χ0n) is 75.6. The molecule has 0 N–H and O–H groups in total. The van der Waals surface area contributed by atoms with E-state index in [9.17, 15) is 4.20 Å². The van der Waals surface area contributed by atoms with Crippen molar-refractivity contribution in [3.63, 3.8) is 0 Å². The van der Waals surface area contributed by atoms with E-state index in [1.807, 2.05) is 118 Å². The zero-order valence-corrected chi connectivity index (χ0v) is 77.7. The number of carbonyl (C=O) groups is 8. The first-order chi connectivity index (χ1) is 61.7. The number of imide groups is 4. The first-order valence-electron chi connectivity index (χ1n) is 49.0. The lowest BCUT2D eigenvalue weighted by Crippen LogP contribution is -2.47. The summed E-state index contributed by atoms with van der Waals surface area (Å²) in [6.45, 7) is 13.3. The minimum Gasteiger partial charge on any atom is -0.271 e. The van der Waals surface area contributed by atoms with Crippen molar-refractivity contribution >= 4 is 162 Å². The van der Waals surface area contributed by atoms with Gasteiger partial charge in [0.25, 0.3) is 47.3 Å². The summed E-state index contributed by atoms with van der Waals surface area (Å²) < 4.78 is 10.3. The number of unbranched alkanes of at least 4 members (excludes halogenated alkanes) is 30. The molecule has 12 aromatic rings. The third kappa shape index (κ3) is 16.6. The number of hydrogen-bond donors (Lipinski definition) is 0. The van der Waals surface area contributed by atoms with Crippen molar-refractivity contribution in [1.29, 1.82) is 0 Å². The van der Waals surface area contributed by atoms with E-state index < -0.39 is 37.6 Å². The van der Waals surface area contributed by atoms with E-state index in [1.54, 1.807) is 9.80 Å². The maximum Gasteiger partial charge on any atom is 0.265 e. The average Bonchev–Trinajstić information content (AvgIpc) is 0.856. The Labute approximate surface area is 748 Å². The Morgan fingerprint density at radius 2 is 0.444 bits per heavy atom. The minimum atomic E-state index is -0.642. The number of fused-ring (bicyclic) bond motifs is 7. The second-order valence-electron chi connectivity index (χ2n) is 37.4. The molecular formula is C111H129FN4O8P2. The van der Waals surface area contributed by atoms with Crippen molar-refractivity contribution in [3.05, 3.63) is 189 Å². The highest BCUT2D eigenvalue weighted by Gasteiger charge is 2.47. The fourth-order valence-electron chi connectivity index (χ4n) is 23.0. The number of benzene rings is 12. The molecular weight excluding hydrogens is 1600 g/mol. The molecule has 12 aromatic carbocycles. The standard InChI is InChI=1S/C111H126N4O8.FH3P2/c1-7-13-19-25-27-29-31-33-35-41-67-111(68-42-36-34-32-30-28-26-20-14-8-2)93-69-73(114-107(120)89-63-55-81-77-51-59-85-99-86(60-52-78(95(77)99)82-56-64-90(108(114)121)101(89)97(81)82)104(117)112(103(85)116)71(43-37-21-15-9-3)44-38-22-16-10-4)47-49-75(93)76-50-48-74(70-94(76)111)115-109(122)91-65-57-83-79-53-61-87-100-88(62-54-80(96(79)100)84-58-66-92(110(115)123)102(91)98(83)84)106(119)113(105(87)118)72(45-39-23-17-11-5)46-40-24-18-12-6;1-3-2/h47-66,69-72H,7-46,67-68H2,1-6H3;3H,2H2. The Hall–Kier alpha value is -9.41. The van der Waals surface area contributed by atoms with Gasteiger partial charge in [0.1, 0.15) is 0 Å². The van der Waals surface area contributed by atoms with Crippen LogP contribution in [0.1, 0.15) is 405 Å². The van der Waals surface area contributed by atoms with Gasteiger partial charge in [-0.15, -0.1) is 0 Å². The van der Waals surface area contributed by atoms with Gasteiger partial charge in [0.05, 0.1) is 20.0 Å². The second kappa shape index (κ2) is 40.5. The summed E-state index contributed by atoms with van der Waals surface area (Å²) in [6, 6.07) is 43.2. The van der Waals surface area contributed by atoms with Crippen LogP contribution in [0.3, 0.4) is 0 Å². The second-order valence-corrected chi connectivity index (χ2v) is 38.2. The van der Waals surface area contributed by atoms with Gasteiger partial charge in [0.15, 0.2) is 0 Å². The van der Waals surface area contributed by atoms with Gasteiger partial charge in [-0.05, 0) is 198 Å². The zero-order chi connectivity index (χ0) is 87.9. The van der Waals surface area contributed by atoms with Crippen LogP contribution in [0.15, 0.2) is 133 Å². The van der Waals surface area contributed by atoms with E-state index in [0.717, 1.165) is 267 Å². The molecule has 126 heavy (non-hydrogen) atoms. The van der Waals surface area contributed by atoms with E-state index in [0.29, 0.717) is 77.4 Å². The lowest BCUT2D eigenvalue weighted by Gasteiger charge is -2.35. The first kappa shape index (κ1) is 90.0. The van der Waals surface area contributed by atoms with Gasteiger partial charge in [-0.2, -0.15) is 0 Å². The van der Waals surface area contributed by atoms with Gasteiger partial charge in [-0.3, -0.25) is 48.2 Å². The summed E-state index contributed by atoms with van der Waals surface area (Å²) in [5.41, 5.74) is 8.31. The Morgan fingerprint density at radius 1 is 0.254 bits per heavy atom. The van der Waals surface area contributed by atoms with Crippen LogP contribution in [0.4, 0.5) is 15.6 Å². The Balaban J connectivity index is 0.00000384. The fraction of sp³-hybridized carbons (Fsp3) is 0.459. The Bertz CT molecular complexity index is 5490. The van der Waals surface area contributed by atoms with E-state index in [-0.39, 0.29) is 35.7 Å². The minimum absolute atomic E-state index is 0.186. The summed E-state index contributed by atoms with van der Waals surface area (Å²) in [7, 11) is 1.44. The molecule has 1 aliphatic carbocycles. The van der Waals surface area contributed by atoms with E-state index in [2.05, 4.69) is 65.8 Å². The van der Waals surface area contributed by atoms with Crippen LogP contribution in [0.25, 0.3) is 97.3 Å². The molecule has 0 radical (unpaired) electrons. The molecule has 0 spiro atoms.